The molecule has 0 saturated carbocycles. The molecular weight excluding hydrogens is 223 g/mol. The summed E-state index contributed by atoms with van der Waals surface area (Å²) >= 11 is 0. The highest BCUT2D eigenvalue weighted by molar-refractivity contribution is 6.03. The highest BCUT2D eigenvalue weighted by atomic mass is 19.1. The lowest BCUT2D eigenvalue weighted by molar-refractivity contribution is -0.140. The molecule has 0 heterocycles. The first-order chi connectivity index (χ1) is 8.08. The number of carbonyl (C=O) groups excluding carboxylic acids is 1. The van der Waals surface area contributed by atoms with Gasteiger partial charge in [-0.3, -0.25) is 9.59 Å². The quantitative estimate of drug-likeness (QED) is 0.854. The molecule has 17 heavy (non-hydrogen) atoms. The zero-order chi connectivity index (χ0) is 12.4. The Balaban J connectivity index is 2.45. The van der Waals surface area contributed by atoms with Crippen LogP contribution in [0.1, 0.15) is 18.4 Å². The normalized spacial score (nSPS) is 19.9. The Morgan fingerprint density at radius 1 is 1.41 bits per heavy atom. The first kappa shape index (κ1) is 11.5. The molecule has 0 aliphatic heterocycles. The summed E-state index contributed by atoms with van der Waals surface area (Å²) in [6, 6.07) is 5.65. The van der Waals surface area contributed by atoms with Gasteiger partial charge in [0, 0.05) is 6.42 Å². The number of hydrogen-bond donors (Lipinski definition) is 1. The molecule has 1 aliphatic rings. The summed E-state index contributed by atoms with van der Waals surface area (Å²) in [5.41, 5.74) is 0.860. The van der Waals surface area contributed by atoms with Gasteiger partial charge in [-0.1, -0.05) is 12.1 Å². The van der Waals surface area contributed by atoms with Gasteiger partial charge in [0.15, 0.2) is 5.78 Å². The molecule has 1 N–H and O–H groups in total. The summed E-state index contributed by atoms with van der Waals surface area (Å²) in [4.78, 5) is 22.4. The predicted molar refractivity (Wildman–Crippen MR) is 59.7 cm³/mol. The van der Waals surface area contributed by atoms with Crippen molar-refractivity contribution in [3.63, 3.8) is 0 Å². The van der Waals surface area contributed by atoms with Gasteiger partial charge in [-0.2, -0.15) is 0 Å². The number of ketones is 1. The summed E-state index contributed by atoms with van der Waals surface area (Å²) in [7, 11) is 0. The summed E-state index contributed by atoms with van der Waals surface area (Å²) in [6.07, 6.45) is 1.82. The second-order valence-corrected chi connectivity index (χ2v) is 4.01. The third-order valence-corrected chi connectivity index (χ3v) is 2.83. The van der Waals surface area contributed by atoms with Crippen molar-refractivity contribution < 1.29 is 19.1 Å². The minimum Gasteiger partial charge on any atom is -0.481 e. The van der Waals surface area contributed by atoms with E-state index in [0.29, 0.717) is 11.1 Å². The maximum Gasteiger partial charge on any atom is 0.311 e. The molecule has 1 aliphatic carbocycles. The first-order valence-corrected chi connectivity index (χ1v) is 5.31. The number of halogens is 1. The van der Waals surface area contributed by atoms with Crippen molar-refractivity contribution >= 4 is 17.3 Å². The Morgan fingerprint density at radius 2 is 2.18 bits per heavy atom. The molecule has 4 heteroatoms. The van der Waals surface area contributed by atoms with Crippen LogP contribution in [0, 0.1) is 11.7 Å². The Kier molecular flexibility index (Phi) is 3.04. The van der Waals surface area contributed by atoms with Crippen LogP contribution in [0.25, 0.3) is 5.57 Å². The zero-order valence-electron chi connectivity index (χ0n) is 9.02. The fourth-order valence-electron chi connectivity index (χ4n) is 2.00. The van der Waals surface area contributed by atoms with Gasteiger partial charge < -0.3 is 5.11 Å². The lowest BCUT2D eigenvalue weighted by Crippen LogP contribution is -2.21. The lowest BCUT2D eigenvalue weighted by atomic mass is 9.83. The van der Waals surface area contributed by atoms with Gasteiger partial charge in [-0.25, -0.2) is 4.39 Å². The summed E-state index contributed by atoms with van der Waals surface area (Å²) < 4.78 is 13.1. The van der Waals surface area contributed by atoms with Gasteiger partial charge in [-0.15, -0.1) is 0 Å². The van der Waals surface area contributed by atoms with E-state index in [4.69, 9.17) is 5.11 Å². The predicted octanol–water partition coefficient (Wildman–Crippen LogP) is 2.27. The van der Waals surface area contributed by atoms with Crippen molar-refractivity contribution in [2.75, 3.05) is 0 Å². The van der Waals surface area contributed by atoms with Gasteiger partial charge in [-0.05, 0) is 35.8 Å². The Hall–Kier alpha value is -1.97. The second-order valence-electron chi connectivity index (χ2n) is 4.01. The fraction of sp³-hybridized carbons (Fsp3) is 0.231. The summed E-state index contributed by atoms with van der Waals surface area (Å²) in [5.74, 6) is -2.25. The summed E-state index contributed by atoms with van der Waals surface area (Å²) in [5, 5.41) is 9.08. The van der Waals surface area contributed by atoms with E-state index in [0.717, 1.165) is 0 Å². The number of aliphatic carboxylic acids is 1. The number of carboxylic acids is 1. The summed E-state index contributed by atoms with van der Waals surface area (Å²) in [6.45, 7) is 0. The molecule has 0 radical (unpaired) electrons. The fourth-order valence-corrected chi connectivity index (χ4v) is 2.00. The Bertz CT molecular complexity index is 505. The van der Waals surface area contributed by atoms with Crippen molar-refractivity contribution in [1.82, 2.24) is 0 Å². The third kappa shape index (κ3) is 2.41. The van der Waals surface area contributed by atoms with Crippen molar-refractivity contribution in [3.8, 4) is 0 Å². The molecule has 88 valence electrons. The van der Waals surface area contributed by atoms with Crippen molar-refractivity contribution in [3.05, 3.63) is 41.7 Å². The van der Waals surface area contributed by atoms with Gasteiger partial charge in [0.05, 0.1) is 5.92 Å². The van der Waals surface area contributed by atoms with Crippen LogP contribution >= 0.6 is 0 Å². The van der Waals surface area contributed by atoms with Crippen molar-refractivity contribution in [1.29, 1.82) is 0 Å². The molecular formula is C13H11FO3. The molecule has 0 aromatic heterocycles. The van der Waals surface area contributed by atoms with Gasteiger partial charge in [0.2, 0.25) is 0 Å². The minimum absolute atomic E-state index is 0.109. The average molecular weight is 234 g/mol. The van der Waals surface area contributed by atoms with E-state index in [2.05, 4.69) is 0 Å². The van der Waals surface area contributed by atoms with Crippen LogP contribution < -0.4 is 0 Å². The van der Waals surface area contributed by atoms with Crippen LogP contribution in [0.5, 0.6) is 0 Å². The van der Waals surface area contributed by atoms with E-state index < -0.39 is 17.7 Å². The van der Waals surface area contributed by atoms with E-state index >= 15 is 0 Å². The number of benzene rings is 1. The molecule has 0 fully saturated rings. The van der Waals surface area contributed by atoms with Gasteiger partial charge in [0.1, 0.15) is 5.82 Å². The smallest absolute Gasteiger partial charge is 0.311 e. The molecule has 1 aromatic carbocycles. The van der Waals surface area contributed by atoms with Crippen molar-refractivity contribution in [2.45, 2.75) is 12.8 Å². The molecule has 1 atom stereocenters. The Labute approximate surface area is 97.6 Å². The van der Waals surface area contributed by atoms with Crippen molar-refractivity contribution in [2.24, 2.45) is 5.92 Å². The molecule has 1 aromatic rings. The van der Waals surface area contributed by atoms with Crippen LogP contribution in [-0.4, -0.2) is 16.9 Å². The van der Waals surface area contributed by atoms with E-state index in [9.17, 15) is 14.0 Å². The van der Waals surface area contributed by atoms with Crippen LogP contribution in [0.4, 0.5) is 4.39 Å². The molecule has 0 amide bonds. The van der Waals surface area contributed by atoms with Gasteiger partial charge in [0.25, 0.3) is 0 Å². The topological polar surface area (TPSA) is 54.4 Å². The van der Waals surface area contributed by atoms with Crippen LogP contribution in [0.2, 0.25) is 0 Å². The highest BCUT2D eigenvalue weighted by Gasteiger charge is 2.28. The maximum absolute atomic E-state index is 13.1. The number of rotatable bonds is 2. The highest BCUT2D eigenvalue weighted by Crippen LogP contribution is 2.31. The lowest BCUT2D eigenvalue weighted by Gasteiger charge is -2.20. The van der Waals surface area contributed by atoms with Crippen LogP contribution in [-0.2, 0) is 9.59 Å². The van der Waals surface area contributed by atoms with Gasteiger partial charge >= 0.3 is 5.97 Å². The van der Waals surface area contributed by atoms with E-state index in [1.165, 1.54) is 24.3 Å². The molecule has 2 rings (SSSR count). The molecule has 3 nitrogen and oxygen atoms in total. The minimum atomic E-state index is -0.979. The molecule has 0 saturated heterocycles. The van der Waals surface area contributed by atoms with E-state index in [-0.39, 0.29) is 18.6 Å². The maximum atomic E-state index is 13.1. The standard InChI is InChI=1S/C13H11FO3/c14-9-3-1-2-8(6-9)12-7-10(15)4-5-11(12)13(16)17/h1-3,6-7,11H,4-5H2,(H,16,17). The number of hydrogen-bond acceptors (Lipinski definition) is 2. The monoisotopic (exact) mass is 234 g/mol. The van der Waals surface area contributed by atoms with E-state index in [1.54, 1.807) is 6.07 Å². The average Bonchev–Trinajstić information content (AvgIpc) is 2.28. The van der Waals surface area contributed by atoms with E-state index in [1.807, 2.05) is 0 Å². The second kappa shape index (κ2) is 4.49. The number of carboxylic acid groups (broad SMARTS) is 1. The molecule has 1 unspecified atom stereocenters. The number of allylic oxidation sites excluding steroid dienone is 1. The van der Waals surface area contributed by atoms with Crippen LogP contribution in [0.3, 0.4) is 0 Å². The number of carbonyl (C=O) groups is 2. The third-order valence-electron chi connectivity index (χ3n) is 2.83. The largest absolute Gasteiger partial charge is 0.481 e. The zero-order valence-corrected chi connectivity index (χ0v) is 9.02. The molecule has 0 spiro atoms. The first-order valence-electron chi connectivity index (χ1n) is 5.31. The molecule has 0 bridgehead atoms. The van der Waals surface area contributed by atoms with Crippen LogP contribution in [0.15, 0.2) is 30.3 Å². The SMILES string of the molecule is O=C1C=C(c2cccc(F)c2)C(C(=O)O)CC1. The Morgan fingerprint density at radius 3 is 2.82 bits per heavy atom.